The molecule has 0 radical (unpaired) electrons. The summed E-state index contributed by atoms with van der Waals surface area (Å²) in [6.07, 6.45) is 2.82. The van der Waals surface area contributed by atoms with E-state index >= 15 is 0 Å². The van der Waals surface area contributed by atoms with E-state index in [0.29, 0.717) is 0 Å². The molecule has 0 bridgehead atoms. The van der Waals surface area contributed by atoms with Crippen LogP contribution in [-0.2, 0) is 10.0 Å². The molecule has 7 nitrogen and oxygen atoms in total. The third-order valence-corrected chi connectivity index (χ3v) is 2.74. The number of nitrogens with zero attached hydrogens (tertiary/aromatic N) is 1. The van der Waals surface area contributed by atoms with Crippen LogP contribution in [-0.4, -0.2) is 36.8 Å². The van der Waals surface area contributed by atoms with Crippen molar-refractivity contribution in [1.29, 1.82) is 0 Å². The Kier molecular flexibility index (Phi) is 3.12. The summed E-state index contributed by atoms with van der Waals surface area (Å²) in [5, 5.41) is 8.81. The highest BCUT2D eigenvalue weighted by atomic mass is 32.2. The molecule has 0 saturated heterocycles. The molecule has 1 aromatic rings. The van der Waals surface area contributed by atoms with E-state index in [1.54, 1.807) is 0 Å². The van der Waals surface area contributed by atoms with Crippen molar-refractivity contribution in [2.24, 2.45) is 0 Å². The molecule has 2 rings (SSSR count). The van der Waals surface area contributed by atoms with Crippen LogP contribution in [0.1, 0.15) is 23.3 Å². The number of aromatic carboxylic acids is 1. The maximum atomic E-state index is 11.2. The molecule has 98 valence electrons. The van der Waals surface area contributed by atoms with E-state index in [4.69, 9.17) is 9.84 Å². The lowest BCUT2D eigenvalue weighted by Crippen LogP contribution is -2.14. The smallest absolute Gasteiger partial charge is 0.354 e. The molecule has 1 heterocycles. The second kappa shape index (κ2) is 4.45. The first-order chi connectivity index (χ1) is 8.35. The number of rotatable bonds is 5. The lowest BCUT2D eigenvalue weighted by atomic mass is 10.3. The zero-order chi connectivity index (χ0) is 13.3. The first kappa shape index (κ1) is 12.6. The summed E-state index contributed by atoms with van der Waals surface area (Å²) in [5.74, 6) is -1.08. The van der Waals surface area contributed by atoms with Crippen LogP contribution in [0.2, 0.25) is 0 Å². The Morgan fingerprint density at radius 2 is 2.17 bits per heavy atom. The van der Waals surface area contributed by atoms with E-state index in [-0.39, 0.29) is 23.4 Å². The number of aromatic nitrogens is 1. The quantitative estimate of drug-likeness (QED) is 0.817. The normalized spacial score (nSPS) is 15.2. The zero-order valence-corrected chi connectivity index (χ0v) is 10.4. The fourth-order valence-electron chi connectivity index (χ4n) is 1.27. The predicted octanol–water partition coefficient (Wildman–Crippen LogP) is 0.692. The van der Waals surface area contributed by atoms with Crippen molar-refractivity contribution in [3.63, 3.8) is 0 Å². The molecule has 1 aliphatic carbocycles. The van der Waals surface area contributed by atoms with Gasteiger partial charge in [0, 0.05) is 0 Å². The largest absolute Gasteiger partial charge is 0.487 e. The van der Waals surface area contributed by atoms with E-state index in [9.17, 15) is 13.2 Å². The van der Waals surface area contributed by atoms with Crippen LogP contribution < -0.4 is 9.46 Å². The lowest BCUT2D eigenvalue weighted by Gasteiger charge is -2.11. The topological polar surface area (TPSA) is 106 Å². The van der Waals surface area contributed by atoms with Gasteiger partial charge in [-0.15, -0.1) is 0 Å². The molecule has 1 saturated carbocycles. The number of carboxylic acid groups (broad SMARTS) is 1. The van der Waals surface area contributed by atoms with Crippen molar-refractivity contribution in [1.82, 2.24) is 4.98 Å². The fraction of sp³-hybridized carbons (Fsp3) is 0.400. The number of nitrogens with one attached hydrogen (secondary N) is 1. The Morgan fingerprint density at radius 1 is 1.50 bits per heavy atom. The van der Waals surface area contributed by atoms with Gasteiger partial charge in [0.1, 0.15) is 0 Å². The predicted molar refractivity (Wildman–Crippen MR) is 63.3 cm³/mol. The highest BCUT2D eigenvalue weighted by Gasteiger charge is 2.26. The van der Waals surface area contributed by atoms with Gasteiger partial charge in [-0.2, -0.15) is 0 Å². The Morgan fingerprint density at radius 3 is 2.67 bits per heavy atom. The van der Waals surface area contributed by atoms with Gasteiger partial charge < -0.3 is 9.84 Å². The minimum Gasteiger partial charge on any atom is -0.487 e. The summed E-state index contributed by atoms with van der Waals surface area (Å²) in [6, 6.07) is 2.68. The van der Waals surface area contributed by atoms with Gasteiger partial charge in [0.15, 0.2) is 17.3 Å². The third kappa shape index (κ3) is 3.33. The fourth-order valence-corrected chi connectivity index (χ4v) is 1.77. The lowest BCUT2D eigenvalue weighted by molar-refractivity contribution is 0.0690. The van der Waals surface area contributed by atoms with Crippen LogP contribution in [0.25, 0.3) is 0 Å². The van der Waals surface area contributed by atoms with Crippen molar-refractivity contribution in [3.8, 4) is 5.75 Å². The maximum absolute atomic E-state index is 11.2. The number of pyridine rings is 1. The van der Waals surface area contributed by atoms with Gasteiger partial charge in [-0.3, -0.25) is 4.72 Å². The summed E-state index contributed by atoms with van der Waals surface area (Å²) >= 11 is 0. The molecule has 0 aromatic carbocycles. The Hall–Kier alpha value is -1.83. The molecule has 18 heavy (non-hydrogen) atoms. The number of anilines is 1. The molecule has 0 atom stereocenters. The highest BCUT2D eigenvalue weighted by Crippen LogP contribution is 2.31. The van der Waals surface area contributed by atoms with E-state index in [1.165, 1.54) is 12.1 Å². The molecule has 1 aromatic heterocycles. The average molecular weight is 272 g/mol. The molecular weight excluding hydrogens is 260 g/mol. The van der Waals surface area contributed by atoms with Crippen molar-refractivity contribution >= 4 is 21.8 Å². The van der Waals surface area contributed by atoms with Crippen LogP contribution in [0.3, 0.4) is 0 Å². The Balaban J connectivity index is 2.35. The van der Waals surface area contributed by atoms with Crippen molar-refractivity contribution < 1.29 is 23.1 Å². The SMILES string of the molecule is CS(=O)(=O)Nc1nc(C(=O)O)ccc1OC1CC1. The summed E-state index contributed by atoms with van der Waals surface area (Å²) in [7, 11) is -3.54. The number of hydrogen-bond acceptors (Lipinski definition) is 5. The summed E-state index contributed by atoms with van der Waals surface area (Å²) in [4.78, 5) is 14.5. The number of carboxylic acids is 1. The zero-order valence-electron chi connectivity index (χ0n) is 9.58. The first-order valence-corrected chi connectivity index (χ1v) is 7.13. The summed E-state index contributed by atoms with van der Waals surface area (Å²) < 4.78 is 30.0. The molecule has 1 fully saturated rings. The maximum Gasteiger partial charge on any atom is 0.354 e. The summed E-state index contributed by atoms with van der Waals surface area (Å²) in [5.41, 5.74) is -0.246. The molecule has 0 spiro atoms. The van der Waals surface area contributed by atoms with Crippen molar-refractivity contribution in [3.05, 3.63) is 17.8 Å². The minimum atomic E-state index is -3.54. The minimum absolute atomic E-state index is 0.0580. The second-order valence-electron chi connectivity index (χ2n) is 4.04. The van der Waals surface area contributed by atoms with Crippen LogP contribution >= 0.6 is 0 Å². The van der Waals surface area contributed by atoms with Crippen molar-refractivity contribution in [2.45, 2.75) is 18.9 Å². The molecule has 8 heteroatoms. The molecular formula is C10H12N2O5S. The molecule has 2 N–H and O–H groups in total. The van der Waals surface area contributed by atoms with E-state index in [2.05, 4.69) is 9.71 Å². The average Bonchev–Trinajstić information content (AvgIpc) is 3.02. The van der Waals surface area contributed by atoms with Gasteiger partial charge in [-0.05, 0) is 25.0 Å². The molecule has 0 unspecified atom stereocenters. The highest BCUT2D eigenvalue weighted by molar-refractivity contribution is 7.92. The van der Waals surface area contributed by atoms with Gasteiger partial charge in [0.25, 0.3) is 0 Å². The van der Waals surface area contributed by atoms with Crippen molar-refractivity contribution in [2.75, 3.05) is 11.0 Å². The number of sulfonamides is 1. The van der Waals surface area contributed by atoms with Crippen LogP contribution in [0, 0.1) is 0 Å². The van der Waals surface area contributed by atoms with Crippen LogP contribution in [0.4, 0.5) is 5.82 Å². The van der Waals surface area contributed by atoms with Gasteiger partial charge in [0.2, 0.25) is 10.0 Å². The number of hydrogen-bond donors (Lipinski definition) is 2. The van der Waals surface area contributed by atoms with Crippen LogP contribution in [0.5, 0.6) is 5.75 Å². The molecule has 1 aliphatic rings. The van der Waals surface area contributed by atoms with E-state index < -0.39 is 16.0 Å². The number of carbonyl (C=O) groups is 1. The van der Waals surface area contributed by atoms with Gasteiger partial charge in [-0.1, -0.05) is 0 Å². The Bertz CT molecular complexity index is 580. The molecule has 0 amide bonds. The monoisotopic (exact) mass is 272 g/mol. The summed E-state index contributed by atoms with van der Waals surface area (Å²) in [6.45, 7) is 0. The first-order valence-electron chi connectivity index (χ1n) is 5.24. The number of ether oxygens (including phenoxy) is 1. The standard InChI is InChI=1S/C10H12N2O5S/c1-18(15,16)12-9-8(17-6-2-3-6)5-4-7(11-9)10(13)14/h4-6H,2-3H2,1H3,(H,11,12)(H,13,14). The van der Waals surface area contributed by atoms with Gasteiger partial charge in [0.05, 0.1) is 12.4 Å². The molecule has 0 aliphatic heterocycles. The Labute approximate surface area is 104 Å². The van der Waals surface area contributed by atoms with E-state index in [1.807, 2.05) is 0 Å². The van der Waals surface area contributed by atoms with E-state index in [0.717, 1.165) is 19.1 Å². The van der Waals surface area contributed by atoms with Gasteiger partial charge >= 0.3 is 5.97 Å². The van der Waals surface area contributed by atoms with Gasteiger partial charge in [-0.25, -0.2) is 18.2 Å². The second-order valence-corrected chi connectivity index (χ2v) is 5.79. The third-order valence-electron chi connectivity index (χ3n) is 2.18. The van der Waals surface area contributed by atoms with Crippen LogP contribution in [0.15, 0.2) is 12.1 Å².